The van der Waals surface area contributed by atoms with E-state index in [9.17, 15) is 4.79 Å². The molecule has 0 saturated carbocycles. The molecule has 2 aromatic rings. The molecule has 0 N–H and O–H groups in total. The van der Waals surface area contributed by atoms with Gasteiger partial charge in [-0.05, 0) is 38.1 Å². The predicted molar refractivity (Wildman–Crippen MR) is 94.5 cm³/mol. The Balaban J connectivity index is 1.86. The zero-order valence-electron chi connectivity index (χ0n) is 13.5. The summed E-state index contributed by atoms with van der Waals surface area (Å²) in [7, 11) is 0. The molecule has 1 saturated heterocycles. The van der Waals surface area contributed by atoms with Crippen LogP contribution in [-0.2, 0) is 4.74 Å². The second-order valence-electron chi connectivity index (χ2n) is 5.91. The van der Waals surface area contributed by atoms with Crippen molar-refractivity contribution in [2.24, 2.45) is 0 Å². The molecule has 1 aliphatic rings. The summed E-state index contributed by atoms with van der Waals surface area (Å²) in [6.07, 6.45) is 0. The third-order valence-electron chi connectivity index (χ3n) is 4.27. The van der Waals surface area contributed by atoms with Crippen molar-refractivity contribution in [1.82, 2.24) is 9.47 Å². The molecule has 122 valence electrons. The summed E-state index contributed by atoms with van der Waals surface area (Å²) in [4.78, 5) is 14.9. The lowest BCUT2D eigenvalue weighted by Crippen LogP contribution is -2.39. The maximum Gasteiger partial charge on any atom is 0.178 e. The molecular weight excluding hydrogens is 356 g/mol. The number of morpholine rings is 1. The highest BCUT2D eigenvalue weighted by atomic mass is 79.9. The van der Waals surface area contributed by atoms with Crippen LogP contribution >= 0.6 is 15.9 Å². The Hall–Kier alpha value is -1.43. The quantitative estimate of drug-likeness (QED) is 0.767. The molecule has 1 aromatic carbocycles. The van der Waals surface area contributed by atoms with Crippen molar-refractivity contribution in [3.05, 3.63) is 51.8 Å². The highest BCUT2D eigenvalue weighted by molar-refractivity contribution is 9.10. The highest BCUT2D eigenvalue weighted by Gasteiger charge is 2.20. The number of ketones is 1. The average molecular weight is 377 g/mol. The number of nitrogens with zero attached hydrogens (tertiary/aromatic N) is 2. The van der Waals surface area contributed by atoms with E-state index in [1.165, 1.54) is 0 Å². The van der Waals surface area contributed by atoms with E-state index < -0.39 is 0 Å². The van der Waals surface area contributed by atoms with E-state index in [4.69, 9.17) is 4.74 Å². The fourth-order valence-corrected chi connectivity index (χ4v) is 3.49. The number of carbonyl (C=O) groups is 1. The second-order valence-corrected chi connectivity index (χ2v) is 6.83. The normalized spacial score (nSPS) is 15.8. The molecule has 1 fully saturated rings. The molecule has 0 spiro atoms. The van der Waals surface area contributed by atoms with E-state index in [1.807, 2.05) is 32.0 Å². The molecule has 0 amide bonds. The first-order valence-corrected chi connectivity index (χ1v) is 8.64. The van der Waals surface area contributed by atoms with Gasteiger partial charge in [0.2, 0.25) is 0 Å². The minimum Gasteiger partial charge on any atom is -0.379 e. The van der Waals surface area contributed by atoms with E-state index in [1.54, 1.807) is 0 Å². The number of ether oxygens (including phenoxy) is 1. The van der Waals surface area contributed by atoms with Gasteiger partial charge in [0.15, 0.2) is 5.78 Å². The molecule has 0 atom stereocenters. The first kappa shape index (κ1) is 16.4. The van der Waals surface area contributed by atoms with Crippen LogP contribution < -0.4 is 0 Å². The number of halogens is 1. The molecule has 4 nitrogen and oxygen atoms in total. The highest BCUT2D eigenvalue weighted by Crippen LogP contribution is 2.23. The maximum atomic E-state index is 12.7. The smallest absolute Gasteiger partial charge is 0.178 e. The molecule has 23 heavy (non-hydrogen) atoms. The SMILES string of the molecule is Cc1cc(C(=O)CN2CCOCC2)c(C)n1-c1cccc(Br)c1. The Labute approximate surface area is 145 Å². The number of aryl methyl sites for hydroxylation is 1. The van der Waals surface area contributed by atoms with E-state index in [-0.39, 0.29) is 5.78 Å². The second kappa shape index (κ2) is 6.99. The van der Waals surface area contributed by atoms with Gasteiger partial charge in [0, 0.05) is 40.2 Å². The van der Waals surface area contributed by atoms with Crippen molar-refractivity contribution < 1.29 is 9.53 Å². The van der Waals surface area contributed by atoms with Crippen LogP contribution in [0, 0.1) is 13.8 Å². The minimum absolute atomic E-state index is 0.182. The lowest BCUT2D eigenvalue weighted by molar-refractivity contribution is 0.0371. The van der Waals surface area contributed by atoms with E-state index in [0.29, 0.717) is 19.8 Å². The molecule has 1 aliphatic heterocycles. The van der Waals surface area contributed by atoms with E-state index in [2.05, 4.69) is 37.5 Å². The van der Waals surface area contributed by atoms with Crippen molar-refractivity contribution in [3.8, 4) is 5.69 Å². The van der Waals surface area contributed by atoms with Crippen molar-refractivity contribution in [3.63, 3.8) is 0 Å². The van der Waals surface area contributed by atoms with Gasteiger partial charge in [0.1, 0.15) is 0 Å². The van der Waals surface area contributed by atoms with Gasteiger partial charge in [-0.2, -0.15) is 0 Å². The number of aromatic nitrogens is 1. The van der Waals surface area contributed by atoms with Gasteiger partial charge in [-0.15, -0.1) is 0 Å². The molecule has 3 rings (SSSR count). The van der Waals surface area contributed by atoms with Crippen LogP contribution in [0.5, 0.6) is 0 Å². The van der Waals surface area contributed by atoms with Gasteiger partial charge in [-0.1, -0.05) is 22.0 Å². The zero-order chi connectivity index (χ0) is 16.4. The van der Waals surface area contributed by atoms with Gasteiger partial charge in [-0.25, -0.2) is 0 Å². The third kappa shape index (κ3) is 3.57. The Morgan fingerprint density at radius 1 is 1.22 bits per heavy atom. The maximum absolute atomic E-state index is 12.7. The van der Waals surface area contributed by atoms with Crippen LogP contribution in [0.4, 0.5) is 0 Å². The summed E-state index contributed by atoms with van der Waals surface area (Å²) in [6, 6.07) is 10.1. The van der Waals surface area contributed by atoms with Gasteiger partial charge in [-0.3, -0.25) is 9.69 Å². The summed E-state index contributed by atoms with van der Waals surface area (Å²) < 4.78 is 8.51. The lowest BCUT2D eigenvalue weighted by Gasteiger charge is -2.25. The van der Waals surface area contributed by atoms with Crippen LogP contribution in [-0.4, -0.2) is 48.1 Å². The van der Waals surface area contributed by atoms with Crippen molar-refractivity contribution in [2.75, 3.05) is 32.8 Å². The van der Waals surface area contributed by atoms with Crippen molar-refractivity contribution >= 4 is 21.7 Å². The van der Waals surface area contributed by atoms with Crippen molar-refractivity contribution in [1.29, 1.82) is 0 Å². The fraction of sp³-hybridized carbons (Fsp3) is 0.389. The fourth-order valence-electron chi connectivity index (χ4n) is 3.11. The van der Waals surface area contributed by atoms with Crippen LogP contribution in [0.15, 0.2) is 34.8 Å². The number of carbonyl (C=O) groups excluding carboxylic acids is 1. The molecular formula is C18H21BrN2O2. The molecule has 0 unspecified atom stereocenters. The monoisotopic (exact) mass is 376 g/mol. The topological polar surface area (TPSA) is 34.5 Å². The first-order valence-electron chi connectivity index (χ1n) is 7.84. The van der Waals surface area contributed by atoms with Gasteiger partial charge >= 0.3 is 0 Å². The Kier molecular flexibility index (Phi) is 4.99. The largest absolute Gasteiger partial charge is 0.379 e. The molecule has 0 bridgehead atoms. The van der Waals surface area contributed by atoms with Gasteiger partial charge < -0.3 is 9.30 Å². The molecule has 2 heterocycles. The first-order chi connectivity index (χ1) is 11.1. The lowest BCUT2D eigenvalue weighted by atomic mass is 10.1. The molecule has 5 heteroatoms. The molecule has 0 radical (unpaired) electrons. The predicted octanol–water partition coefficient (Wildman–Crippen LogP) is 3.37. The summed E-state index contributed by atoms with van der Waals surface area (Å²) in [5.74, 6) is 0.182. The standard InChI is InChI=1S/C18H21BrN2O2/c1-13-10-17(18(22)12-20-6-8-23-9-7-20)14(2)21(13)16-5-3-4-15(19)11-16/h3-5,10-11H,6-9,12H2,1-2H3. The summed E-state index contributed by atoms with van der Waals surface area (Å²) in [6.45, 7) is 7.60. The van der Waals surface area contributed by atoms with Gasteiger partial charge in [0.25, 0.3) is 0 Å². The van der Waals surface area contributed by atoms with Crippen molar-refractivity contribution in [2.45, 2.75) is 13.8 Å². The van der Waals surface area contributed by atoms with Crippen LogP contribution in [0.2, 0.25) is 0 Å². The number of Topliss-reactive ketones (excluding diaryl/α,β-unsaturated/α-hetero) is 1. The van der Waals surface area contributed by atoms with E-state index >= 15 is 0 Å². The molecule has 1 aromatic heterocycles. The number of hydrogen-bond acceptors (Lipinski definition) is 3. The Bertz CT molecular complexity index is 718. The summed E-state index contributed by atoms with van der Waals surface area (Å²) >= 11 is 3.51. The van der Waals surface area contributed by atoms with Crippen LogP contribution in [0.3, 0.4) is 0 Å². The Morgan fingerprint density at radius 3 is 2.65 bits per heavy atom. The van der Waals surface area contributed by atoms with Crippen LogP contribution in [0.25, 0.3) is 5.69 Å². The summed E-state index contributed by atoms with van der Waals surface area (Å²) in [5, 5.41) is 0. The van der Waals surface area contributed by atoms with Crippen LogP contribution in [0.1, 0.15) is 21.7 Å². The Morgan fingerprint density at radius 2 is 1.96 bits per heavy atom. The number of benzene rings is 1. The number of rotatable bonds is 4. The minimum atomic E-state index is 0.182. The average Bonchev–Trinajstić information content (AvgIpc) is 2.83. The number of hydrogen-bond donors (Lipinski definition) is 0. The zero-order valence-corrected chi connectivity index (χ0v) is 15.1. The summed E-state index contributed by atoms with van der Waals surface area (Å²) in [5.41, 5.74) is 3.96. The van der Waals surface area contributed by atoms with E-state index in [0.717, 1.165) is 40.2 Å². The third-order valence-corrected chi connectivity index (χ3v) is 4.76. The molecule has 0 aliphatic carbocycles. The van der Waals surface area contributed by atoms with Gasteiger partial charge in [0.05, 0.1) is 19.8 Å².